The number of aromatic nitrogens is 3. The number of hydrogen-bond donors (Lipinski definition) is 1. The van der Waals surface area contributed by atoms with Gasteiger partial charge in [0, 0.05) is 6.54 Å². The second-order valence-corrected chi connectivity index (χ2v) is 6.06. The SMILES string of the molecule is Cc1nc(C(=O)NCC2CSC2)nn1-c1ccc(F)cc1. The Bertz CT molecular complexity index is 651. The van der Waals surface area contributed by atoms with Gasteiger partial charge in [0.2, 0.25) is 5.82 Å². The van der Waals surface area contributed by atoms with Gasteiger partial charge in [-0.05, 0) is 48.6 Å². The Balaban J connectivity index is 1.73. The summed E-state index contributed by atoms with van der Waals surface area (Å²) in [6.07, 6.45) is 0. The molecule has 2 aromatic rings. The summed E-state index contributed by atoms with van der Waals surface area (Å²) in [4.78, 5) is 16.2. The van der Waals surface area contributed by atoms with Gasteiger partial charge in [0.15, 0.2) is 0 Å². The Kier molecular flexibility index (Phi) is 3.92. The molecule has 110 valence electrons. The van der Waals surface area contributed by atoms with Gasteiger partial charge in [0.1, 0.15) is 11.6 Å². The van der Waals surface area contributed by atoms with Crippen molar-refractivity contribution in [2.75, 3.05) is 18.1 Å². The van der Waals surface area contributed by atoms with Crippen LogP contribution in [0.3, 0.4) is 0 Å². The first-order chi connectivity index (χ1) is 10.1. The third-order valence-corrected chi connectivity index (χ3v) is 4.72. The van der Waals surface area contributed by atoms with E-state index in [2.05, 4.69) is 15.4 Å². The van der Waals surface area contributed by atoms with Crippen molar-refractivity contribution in [2.24, 2.45) is 5.92 Å². The number of nitrogens with one attached hydrogen (secondary N) is 1. The lowest BCUT2D eigenvalue weighted by Crippen LogP contribution is -2.35. The Morgan fingerprint density at radius 1 is 1.43 bits per heavy atom. The monoisotopic (exact) mass is 306 g/mol. The quantitative estimate of drug-likeness (QED) is 0.936. The molecule has 1 fully saturated rings. The standard InChI is InChI=1S/C14H15FN4OS/c1-9-17-13(14(20)16-6-10-7-21-8-10)18-19(9)12-4-2-11(15)3-5-12/h2-5,10H,6-8H2,1H3,(H,16,20). The molecule has 21 heavy (non-hydrogen) atoms. The number of rotatable bonds is 4. The molecule has 0 bridgehead atoms. The van der Waals surface area contributed by atoms with E-state index >= 15 is 0 Å². The van der Waals surface area contributed by atoms with E-state index in [1.807, 2.05) is 11.8 Å². The number of aryl methyl sites for hydroxylation is 1. The second-order valence-electron chi connectivity index (χ2n) is 4.98. The number of benzene rings is 1. The van der Waals surface area contributed by atoms with Crippen LogP contribution in [0.4, 0.5) is 4.39 Å². The van der Waals surface area contributed by atoms with Crippen LogP contribution >= 0.6 is 11.8 Å². The lowest BCUT2D eigenvalue weighted by Gasteiger charge is -2.24. The summed E-state index contributed by atoms with van der Waals surface area (Å²) in [6, 6.07) is 5.91. The molecule has 0 atom stereocenters. The third-order valence-electron chi connectivity index (χ3n) is 3.30. The minimum absolute atomic E-state index is 0.142. The zero-order valence-corrected chi connectivity index (χ0v) is 12.4. The summed E-state index contributed by atoms with van der Waals surface area (Å²) in [5.41, 5.74) is 0.677. The fraction of sp³-hybridized carbons (Fsp3) is 0.357. The molecular formula is C14H15FN4OS. The maximum absolute atomic E-state index is 12.9. The highest BCUT2D eigenvalue weighted by molar-refractivity contribution is 8.00. The molecule has 0 unspecified atom stereocenters. The molecule has 7 heteroatoms. The van der Waals surface area contributed by atoms with Crippen LogP contribution in [0.1, 0.15) is 16.4 Å². The predicted molar refractivity (Wildman–Crippen MR) is 79.2 cm³/mol. The number of thioether (sulfide) groups is 1. The molecule has 0 aliphatic carbocycles. The summed E-state index contributed by atoms with van der Waals surface area (Å²) in [7, 11) is 0. The number of carbonyl (C=O) groups excluding carboxylic acids is 1. The van der Waals surface area contributed by atoms with Crippen molar-refractivity contribution in [1.29, 1.82) is 0 Å². The van der Waals surface area contributed by atoms with E-state index in [1.165, 1.54) is 16.8 Å². The molecule has 3 rings (SSSR count). The zero-order chi connectivity index (χ0) is 14.8. The second kappa shape index (κ2) is 5.85. The zero-order valence-electron chi connectivity index (χ0n) is 11.5. The summed E-state index contributed by atoms with van der Waals surface area (Å²) < 4.78 is 14.5. The lowest BCUT2D eigenvalue weighted by atomic mass is 10.2. The van der Waals surface area contributed by atoms with Crippen molar-refractivity contribution in [3.63, 3.8) is 0 Å². The molecule has 0 spiro atoms. The molecule has 1 aromatic heterocycles. The number of halogens is 1. The number of carbonyl (C=O) groups is 1. The Morgan fingerprint density at radius 3 is 2.76 bits per heavy atom. The van der Waals surface area contributed by atoms with Crippen molar-refractivity contribution in [3.8, 4) is 5.69 Å². The van der Waals surface area contributed by atoms with E-state index in [1.54, 1.807) is 19.1 Å². The molecule has 2 heterocycles. The van der Waals surface area contributed by atoms with Gasteiger partial charge in [-0.2, -0.15) is 11.8 Å². The molecular weight excluding hydrogens is 291 g/mol. The number of hydrogen-bond acceptors (Lipinski definition) is 4. The minimum atomic E-state index is -0.312. The normalized spacial score (nSPS) is 14.8. The third kappa shape index (κ3) is 3.07. The van der Waals surface area contributed by atoms with E-state index < -0.39 is 0 Å². The first kappa shape index (κ1) is 14.1. The van der Waals surface area contributed by atoms with Gasteiger partial charge in [-0.1, -0.05) is 0 Å². The maximum Gasteiger partial charge on any atom is 0.290 e. The van der Waals surface area contributed by atoms with Crippen LogP contribution in [-0.2, 0) is 0 Å². The van der Waals surface area contributed by atoms with Gasteiger partial charge in [0.25, 0.3) is 5.91 Å². The topological polar surface area (TPSA) is 59.8 Å². The average molecular weight is 306 g/mol. The van der Waals surface area contributed by atoms with Crippen LogP contribution in [0.15, 0.2) is 24.3 Å². The summed E-state index contributed by atoms with van der Waals surface area (Å²) >= 11 is 1.88. The smallest absolute Gasteiger partial charge is 0.290 e. The Hall–Kier alpha value is -1.89. The summed E-state index contributed by atoms with van der Waals surface area (Å²) in [5, 5.41) is 7.05. The largest absolute Gasteiger partial charge is 0.349 e. The molecule has 0 radical (unpaired) electrons. The van der Waals surface area contributed by atoms with Gasteiger partial charge in [-0.3, -0.25) is 4.79 Å². The molecule has 5 nitrogen and oxygen atoms in total. The first-order valence-electron chi connectivity index (χ1n) is 6.69. The van der Waals surface area contributed by atoms with E-state index in [4.69, 9.17) is 0 Å². The van der Waals surface area contributed by atoms with E-state index in [0.717, 1.165) is 11.5 Å². The molecule has 1 saturated heterocycles. The fourth-order valence-electron chi connectivity index (χ4n) is 2.03. The fourth-order valence-corrected chi connectivity index (χ4v) is 2.84. The lowest BCUT2D eigenvalue weighted by molar-refractivity contribution is 0.0938. The highest BCUT2D eigenvalue weighted by Gasteiger charge is 2.21. The number of nitrogens with zero attached hydrogens (tertiary/aromatic N) is 3. The van der Waals surface area contributed by atoms with Crippen molar-refractivity contribution in [2.45, 2.75) is 6.92 Å². The van der Waals surface area contributed by atoms with E-state index in [9.17, 15) is 9.18 Å². The van der Waals surface area contributed by atoms with Gasteiger partial charge < -0.3 is 5.32 Å². The van der Waals surface area contributed by atoms with Crippen LogP contribution in [-0.4, -0.2) is 38.7 Å². The molecule has 1 aliphatic rings. The van der Waals surface area contributed by atoms with Crippen molar-refractivity contribution in [3.05, 3.63) is 41.7 Å². The van der Waals surface area contributed by atoms with Crippen LogP contribution in [0.2, 0.25) is 0 Å². The van der Waals surface area contributed by atoms with Crippen LogP contribution in [0.25, 0.3) is 5.69 Å². The van der Waals surface area contributed by atoms with Gasteiger partial charge in [-0.15, -0.1) is 5.10 Å². The summed E-state index contributed by atoms with van der Waals surface area (Å²) in [6.45, 7) is 2.42. The molecule has 0 saturated carbocycles. The summed E-state index contributed by atoms with van der Waals surface area (Å²) in [5.74, 6) is 2.89. The highest BCUT2D eigenvalue weighted by atomic mass is 32.2. The van der Waals surface area contributed by atoms with Crippen molar-refractivity contribution < 1.29 is 9.18 Å². The molecule has 1 aromatic carbocycles. The van der Waals surface area contributed by atoms with E-state index in [-0.39, 0.29) is 17.5 Å². The van der Waals surface area contributed by atoms with Gasteiger partial charge in [0.05, 0.1) is 5.69 Å². The van der Waals surface area contributed by atoms with Crippen LogP contribution in [0, 0.1) is 18.7 Å². The van der Waals surface area contributed by atoms with Gasteiger partial charge in [-0.25, -0.2) is 14.1 Å². The van der Waals surface area contributed by atoms with Crippen molar-refractivity contribution >= 4 is 17.7 Å². The van der Waals surface area contributed by atoms with Gasteiger partial charge >= 0.3 is 0 Å². The van der Waals surface area contributed by atoms with Crippen LogP contribution < -0.4 is 5.32 Å². The highest BCUT2D eigenvalue weighted by Crippen LogP contribution is 2.23. The first-order valence-corrected chi connectivity index (χ1v) is 7.84. The Morgan fingerprint density at radius 2 is 2.14 bits per heavy atom. The minimum Gasteiger partial charge on any atom is -0.349 e. The predicted octanol–water partition coefficient (Wildman–Crippen LogP) is 1.81. The van der Waals surface area contributed by atoms with Crippen LogP contribution in [0.5, 0.6) is 0 Å². The maximum atomic E-state index is 12.9. The van der Waals surface area contributed by atoms with Crippen molar-refractivity contribution in [1.82, 2.24) is 20.1 Å². The molecule has 1 aliphatic heterocycles. The van der Waals surface area contributed by atoms with E-state index in [0.29, 0.717) is 24.0 Å². The molecule has 1 N–H and O–H groups in total. The number of amides is 1. The Labute approximate surface area is 125 Å². The molecule has 1 amide bonds. The average Bonchev–Trinajstić information content (AvgIpc) is 2.80.